The Morgan fingerprint density at radius 3 is 2.72 bits per heavy atom. The third kappa shape index (κ3) is 3.29. The standard InChI is InChI=1S/C23H20N4O2/c1-2-28-19-9-7-17(8-10-19)21-13-23(29-25-21)27-15-18(14-26-12-11-24-16-26)20-5-3-4-6-22(20)27/h3-13,15-16H,2,14H2,1H3. The van der Waals surface area contributed by atoms with Crippen LogP contribution in [0.5, 0.6) is 5.75 Å². The number of nitrogens with zero attached hydrogens (tertiary/aromatic N) is 4. The largest absolute Gasteiger partial charge is 0.494 e. The molecule has 0 unspecified atom stereocenters. The zero-order valence-electron chi connectivity index (χ0n) is 16.0. The van der Waals surface area contributed by atoms with Crippen LogP contribution in [-0.2, 0) is 6.54 Å². The monoisotopic (exact) mass is 384 g/mol. The smallest absolute Gasteiger partial charge is 0.236 e. The van der Waals surface area contributed by atoms with Crippen molar-refractivity contribution in [3.05, 3.63) is 85.1 Å². The van der Waals surface area contributed by atoms with E-state index < -0.39 is 0 Å². The zero-order valence-corrected chi connectivity index (χ0v) is 16.0. The second-order valence-electron chi connectivity index (χ2n) is 6.78. The fourth-order valence-corrected chi connectivity index (χ4v) is 3.54. The number of fused-ring (bicyclic) bond motifs is 1. The van der Waals surface area contributed by atoms with Crippen LogP contribution < -0.4 is 4.74 Å². The molecule has 2 aromatic carbocycles. The minimum Gasteiger partial charge on any atom is -0.494 e. The maximum absolute atomic E-state index is 5.70. The fourth-order valence-electron chi connectivity index (χ4n) is 3.54. The van der Waals surface area contributed by atoms with Gasteiger partial charge in [-0.1, -0.05) is 23.4 Å². The van der Waals surface area contributed by atoms with Crippen molar-refractivity contribution in [2.24, 2.45) is 0 Å². The van der Waals surface area contributed by atoms with Gasteiger partial charge >= 0.3 is 0 Å². The molecule has 5 aromatic rings. The number of imidazole rings is 1. The van der Waals surface area contributed by atoms with Gasteiger partial charge in [0.05, 0.1) is 25.0 Å². The van der Waals surface area contributed by atoms with Crippen molar-refractivity contribution in [3.63, 3.8) is 0 Å². The SMILES string of the molecule is CCOc1ccc(-c2cc(-n3cc(Cn4ccnc4)c4ccccc43)on2)cc1. The Morgan fingerprint density at radius 2 is 1.93 bits per heavy atom. The maximum Gasteiger partial charge on any atom is 0.236 e. The molecule has 0 spiro atoms. The lowest BCUT2D eigenvalue weighted by molar-refractivity contribution is 0.340. The molecule has 6 heteroatoms. The highest BCUT2D eigenvalue weighted by Crippen LogP contribution is 2.28. The van der Waals surface area contributed by atoms with Crippen molar-refractivity contribution in [3.8, 4) is 22.9 Å². The zero-order chi connectivity index (χ0) is 19.6. The average Bonchev–Trinajstić information content (AvgIpc) is 3.50. The van der Waals surface area contributed by atoms with Crippen LogP contribution in [0.4, 0.5) is 0 Å². The van der Waals surface area contributed by atoms with Crippen LogP contribution in [0, 0.1) is 0 Å². The van der Waals surface area contributed by atoms with Gasteiger partial charge in [-0.3, -0.25) is 4.57 Å². The average molecular weight is 384 g/mol. The van der Waals surface area contributed by atoms with E-state index >= 15 is 0 Å². The van der Waals surface area contributed by atoms with Crippen molar-refractivity contribution in [1.82, 2.24) is 19.3 Å². The highest BCUT2D eigenvalue weighted by Gasteiger charge is 2.14. The van der Waals surface area contributed by atoms with Crippen LogP contribution in [0.25, 0.3) is 28.0 Å². The predicted octanol–water partition coefficient (Wildman–Crippen LogP) is 4.93. The van der Waals surface area contributed by atoms with Gasteiger partial charge in [0.15, 0.2) is 0 Å². The van der Waals surface area contributed by atoms with Crippen LogP contribution in [0.2, 0.25) is 0 Å². The molecule has 0 saturated carbocycles. The van der Waals surface area contributed by atoms with Gasteiger partial charge in [0, 0.05) is 35.6 Å². The van der Waals surface area contributed by atoms with Crippen LogP contribution in [-0.4, -0.2) is 25.9 Å². The molecular weight excluding hydrogens is 364 g/mol. The van der Waals surface area contributed by atoms with Gasteiger partial charge < -0.3 is 13.8 Å². The van der Waals surface area contributed by atoms with E-state index in [1.807, 2.05) is 60.4 Å². The predicted molar refractivity (Wildman–Crippen MR) is 111 cm³/mol. The van der Waals surface area contributed by atoms with Gasteiger partial charge in [-0.15, -0.1) is 0 Å². The van der Waals surface area contributed by atoms with Gasteiger partial charge in [0.25, 0.3) is 0 Å². The van der Waals surface area contributed by atoms with Crippen molar-refractivity contribution in [1.29, 1.82) is 0 Å². The van der Waals surface area contributed by atoms with E-state index in [1.165, 1.54) is 10.9 Å². The Balaban J connectivity index is 1.51. The quantitative estimate of drug-likeness (QED) is 0.417. The Kier molecular flexibility index (Phi) is 4.37. The lowest BCUT2D eigenvalue weighted by Crippen LogP contribution is -1.95. The van der Waals surface area contributed by atoms with E-state index in [0.29, 0.717) is 12.5 Å². The minimum absolute atomic E-state index is 0.648. The van der Waals surface area contributed by atoms with Crippen LogP contribution in [0.1, 0.15) is 12.5 Å². The number of hydrogen-bond donors (Lipinski definition) is 0. The summed E-state index contributed by atoms with van der Waals surface area (Å²) in [6.07, 6.45) is 7.68. The van der Waals surface area contributed by atoms with Crippen molar-refractivity contribution >= 4 is 10.9 Å². The second kappa shape index (κ2) is 7.31. The first-order valence-corrected chi connectivity index (χ1v) is 9.57. The second-order valence-corrected chi connectivity index (χ2v) is 6.78. The van der Waals surface area contributed by atoms with Gasteiger partial charge in [0.1, 0.15) is 11.4 Å². The molecule has 0 aliphatic heterocycles. The third-order valence-electron chi connectivity index (χ3n) is 4.90. The Bertz CT molecular complexity index is 1230. The van der Waals surface area contributed by atoms with Crippen molar-refractivity contribution < 1.29 is 9.26 Å². The topological polar surface area (TPSA) is 58.0 Å². The number of benzene rings is 2. The van der Waals surface area contributed by atoms with Gasteiger partial charge in [0.2, 0.25) is 5.88 Å². The number of ether oxygens (including phenoxy) is 1. The highest BCUT2D eigenvalue weighted by molar-refractivity contribution is 5.85. The molecule has 5 rings (SSSR count). The van der Waals surface area contributed by atoms with E-state index in [2.05, 4.69) is 39.1 Å². The summed E-state index contributed by atoms with van der Waals surface area (Å²) >= 11 is 0. The first kappa shape index (κ1) is 17.3. The molecule has 0 N–H and O–H groups in total. The molecule has 3 aromatic heterocycles. The Labute approximate surface area is 168 Å². The molecule has 0 atom stereocenters. The summed E-state index contributed by atoms with van der Waals surface area (Å²) in [6.45, 7) is 3.36. The van der Waals surface area contributed by atoms with Gasteiger partial charge in [-0.25, -0.2) is 4.98 Å². The number of hydrogen-bond acceptors (Lipinski definition) is 4. The van der Waals surface area contributed by atoms with Crippen LogP contribution >= 0.6 is 0 Å². The molecule has 0 bridgehead atoms. The molecule has 0 saturated heterocycles. The summed E-state index contributed by atoms with van der Waals surface area (Å²) < 4.78 is 15.3. The summed E-state index contributed by atoms with van der Waals surface area (Å²) in [4.78, 5) is 4.14. The first-order chi connectivity index (χ1) is 14.3. The Morgan fingerprint density at radius 1 is 1.07 bits per heavy atom. The normalized spacial score (nSPS) is 11.2. The molecule has 0 aliphatic carbocycles. The van der Waals surface area contributed by atoms with E-state index in [-0.39, 0.29) is 0 Å². The molecule has 144 valence electrons. The van der Waals surface area contributed by atoms with Gasteiger partial charge in [-0.2, -0.15) is 0 Å². The Hall–Kier alpha value is -3.80. The lowest BCUT2D eigenvalue weighted by atomic mass is 10.1. The number of para-hydroxylation sites is 1. The molecular formula is C23H20N4O2. The third-order valence-corrected chi connectivity index (χ3v) is 4.90. The minimum atomic E-state index is 0.648. The van der Waals surface area contributed by atoms with Crippen LogP contribution in [0.3, 0.4) is 0 Å². The fraction of sp³-hybridized carbons (Fsp3) is 0.130. The number of aromatic nitrogens is 4. The van der Waals surface area contributed by atoms with Gasteiger partial charge in [-0.05, 0) is 42.8 Å². The van der Waals surface area contributed by atoms with Crippen molar-refractivity contribution in [2.45, 2.75) is 13.5 Å². The van der Waals surface area contributed by atoms with E-state index in [9.17, 15) is 0 Å². The van der Waals surface area contributed by atoms with Crippen molar-refractivity contribution in [2.75, 3.05) is 6.61 Å². The summed E-state index contributed by atoms with van der Waals surface area (Å²) in [5.74, 6) is 1.53. The summed E-state index contributed by atoms with van der Waals surface area (Å²) in [5, 5.41) is 5.46. The summed E-state index contributed by atoms with van der Waals surface area (Å²) in [5.41, 5.74) is 4.05. The molecule has 0 radical (unpaired) electrons. The molecule has 0 fully saturated rings. The first-order valence-electron chi connectivity index (χ1n) is 9.57. The number of rotatable bonds is 6. The molecule has 0 aliphatic rings. The summed E-state index contributed by atoms with van der Waals surface area (Å²) in [6, 6.07) is 18.1. The summed E-state index contributed by atoms with van der Waals surface area (Å²) in [7, 11) is 0. The molecule has 6 nitrogen and oxygen atoms in total. The molecule has 29 heavy (non-hydrogen) atoms. The van der Waals surface area contributed by atoms with E-state index in [4.69, 9.17) is 9.26 Å². The molecule has 3 heterocycles. The van der Waals surface area contributed by atoms with E-state index in [0.717, 1.165) is 29.1 Å². The van der Waals surface area contributed by atoms with Crippen LogP contribution in [0.15, 0.2) is 84.0 Å². The van der Waals surface area contributed by atoms with E-state index in [1.54, 1.807) is 6.20 Å². The lowest BCUT2D eigenvalue weighted by Gasteiger charge is -2.02. The maximum atomic E-state index is 5.70. The molecule has 0 amide bonds. The highest BCUT2D eigenvalue weighted by atomic mass is 16.5.